The largest absolute Gasteiger partial charge is 0.375 e. The van der Waals surface area contributed by atoms with E-state index in [2.05, 4.69) is 76.5 Å². The summed E-state index contributed by atoms with van der Waals surface area (Å²) in [5.41, 5.74) is 1.25. The maximum absolute atomic E-state index is 4.92. The van der Waals surface area contributed by atoms with Crippen molar-refractivity contribution in [3.05, 3.63) is 42.0 Å². The minimum absolute atomic E-state index is 0.232. The molecule has 0 radical (unpaired) electrons. The zero-order valence-corrected chi connectivity index (χ0v) is 19.7. The average molecular weight is 430 g/mol. The molecular weight excluding hydrogens is 394 g/mol. The Morgan fingerprint density at radius 3 is 2.70 bits per heavy atom. The second-order valence-electron chi connectivity index (χ2n) is 8.43. The lowest BCUT2D eigenvalue weighted by Crippen LogP contribution is -2.51. The summed E-state index contributed by atoms with van der Waals surface area (Å²) in [7, 11) is 4.14. The van der Waals surface area contributed by atoms with Crippen molar-refractivity contribution in [3.63, 3.8) is 0 Å². The van der Waals surface area contributed by atoms with Gasteiger partial charge in [0.2, 0.25) is 0 Å². The summed E-state index contributed by atoms with van der Waals surface area (Å²) < 4.78 is 2.24. The molecule has 8 heteroatoms. The van der Waals surface area contributed by atoms with Crippen molar-refractivity contribution in [1.82, 2.24) is 25.0 Å². The number of aromatic nitrogens is 3. The predicted molar refractivity (Wildman–Crippen MR) is 127 cm³/mol. The van der Waals surface area contributed by atoms with Gasteiger partial charge in [-0.3, -0.25) is 0 Å². The summed E-state index contributed by atoms with van der Waals surface area (Å²) in [6.45, 7) is 11.0. The zero-order chi connectivity index (χ0) is 21.6. The van der Waals surface area contributed by atoms with Gasteiger partial charge in [0.1, 0.15) is 12.4 Å². The molecule has 1 aromatic heterocycles. The minimum atomic E-state index is 0.232. The van der Waals surface area contributed by atoms with Gasteiger partial charge in [0.05, 0.1) is 0 Å². The van der Waals surface area contributed by atoms with Crippen LogP contribution in [-0.4, -0.2) is 69.4 Å². The van der Waals surface area contributed by atoms with Crippen molar-refractivity contribution in [2.24, 2.45) is 12.0 Å². The molecule has 0 unspecified atom stereocenters. The molecule has 7 nitrogen and oxygen atoms in total. The Kier molecular flexibility index (Phi) is 7.64. The van der Waals surface area contributed by atoms with Gasteiger partial charge in [0.15, 0.2) is 11.8 Å². The number of hydrogen-bond donors (Lipinski definition) is 1. The third-order valence-electron chi connectivity index (χ3n) is 5.43. The van der Waals surface area contributed by atoms with E-state index < -0.39 is 0 Å². The van der Waals surface area contributed by atoms with Crippen molar-refractivity contribution in [2.75, 3.05) is 43.9 Å². The fraction of sp³-hybridized carbons (Fsp3) is 0.591. The van der Waals surface area contributed by atoms with E-state index >= 15 is 0 Å². The van der Waals surface area contributed by atoms with Gasteiger partial charge in [-0.2, -0.15) is 11.8 Å². The van der Waals surface area contributed by atoms with Crippen LogP contribution in [0.2, 0.25) is 0 Å². The lowest BCUT2D eigenvalue weighted by molar-refractivity contribution is 0.374. The average Bonchev–Trinajstić information content (AvgIpc) is 3.05. The molecule has 1 fully saturated rings. The molecule has 0 atom stereocenters. The van der Waals surface area contributed by atoms with Crippen LogP contribution in [0.15, 0.2) is 35.3 Å². The highest BCUT2D eigenvalue weighted by molar-refractivity contribution is 8.00. The summed E-state index contributed by atoms with van der Waals surface area (Å²) in [6, 6.07) is 10.5. The van der Waals surface area contributed by atoms with Gasteiger partial charge >= 0.3 is 0 Å². The Balaban J connectivity index is 1.60. The SMILES string of the molecule is Cc1nnc(CN=C(NCCCN(C)c2ccccc2)N2CCSC(C)(C)C2)n1C. The molecule has 1 N–H and O–H groups in total. The summed E-state index contributed by atoms with van der Waals surface area (Å²) in [5, 5.41) is 12.0. The molecule has 164 valence electrons. The van der Waals surface area contributed by atoms with E-state index in [1.54, 1.807) is 0 Å². The van der Waals surface area contributed by atoms with Gasteiger partial charge < -0.3 is 19.7 Å². The van der Waals surface area contributed by atoms with Gasteiger partial charge in [0.25, 0.3) is 0 Å². The highest BCUT2D eigenvalue weighted by Crippen LogP contribution is 2.29. The molecule has 0 amide bonds. The topological polar surface area (TPSA) is 61.6 Å². The summed E-state index contributed by atoms with van der Waals surface area (Å²) in [4.78, 5) is 9.60. The van der Waals surface area contributed by atoms with Crippen LogP contribution in [0.4, 0.5) is 5.69 Å². The molecule has 0 saturated carbocycles. The first-order valence-electron chi connectivity index (χ1n) is 10.6. The molecule has 2 aromatic rings. The third-order valence-corrected chi connectivity index (χ3v) is 6.73. The van der Waals surface area contributed by atoms with Crippen LogP contribution < -0.4 is 10.2 Å². The Morgan fingerprint density at radius 1 is 1.27 bits per heavy atom. The monoisotopic (exact) mass is 429 g/mol. The number of hydrogen-bond acceptors (Lipinski definition) is 5. The van der Waals surface area contributed by atoms with E-state index in [1.807, 2.05) is 30.3 Å². The highest BCUT2D eigenvalue weighted by atomic mass is 32.2. The second-order valence-corrected chi connectivity index (χ2v) is 10.2. The molecule has 3 rings (SSSR count). The fourth-order valence-corrected chi connectivity index (χ4v) is 4.64. The van der Waals surface area contributed by atoms with Crippen molar-refractivity contribution in [3.8, 4) is 0 Å². The van der Waals surface area contributed by atoms with Crippen LogP contribution in [-0.2, 0) is 13.6 Å². The number of rotatable bonds is 7. The van der Waals surface area contributed by atoms with Crippen LogP contribution in [0, 0.1) is 6.92 Å². The van der Waals surface area contributed by atoms with Crippen LogP contribution >= 0.6 is 11.8 Å². The molecule has 0 aliphatic carbocycles. The smallest absolute Gasteiger partial charge is 0.194 e. The number of thioether (sulfide) groups is 1. The Labute approximate surface area is 185 Å². The number of aryl methyl sites for hydroxylation is 1. The number of para-hydroxylation sites is 1. The number of nitrogens with one attached hydrogen (secondary N) is 1. The van der Waals surface area contributed by atoms with Crippen LogP contribution in [0.5, 0.6) is 0 Å². The molecular formula is C22H35N7S. The Morgan fingerprint density at radius 2 is 2.03 bits per heavy atom. The van der Waals surface area contributed by atoms with Crippen LogP contribution in [0.1, 0.15) is 31.9 Å². The molecule has 0 bridgehead atoms. The van der Waals surface area contributed by atoms with Gasteiger partial charge in [-0.25, -0.2) is 4.99 Å². The van der Waals surface area contributed by atoms with E-state index in [9.17, 15) is 0 Å². The van der Waals surface area contributed by atoms with E-state index in [-0.39, 0.29) is 4.75 Å². The predicted octanol–water partition coefficient (Wildman–Crippen LogP) is 2.92. The van der Waals surface area contributed by atoms with E-state index in [4.69, 9.17) is 4.99 Å². The Bertz CT molecular complexity index is 831. The second kappa shape index (κ2) is 10.2. The highest BCUT2D eigenvalue weighted by Gasteiger charge is 2.28. The standard InChI is InChI=1S/C22H35N7S/c1-18-25-26-20(28(18)5)16-24-21(29-14-15-30-22(2,3)17-29)23-12-9-13-27(4)19-10-7-6-8-11-19/h6-8,10-11H,9,12-17H2,1-5H3,(H,23,24). The first kappa shape index (κ1) is 22.5. The lowest BCUT2D eigenvalue weighted by Gasteiger charge is -2.39. The number of benzene rings is 1. The molecule has 0 spiro atoms. The van der Waals surface area contributed by atoms with Crippen molar-refractivity contribution < 1.29 is 0 Å². The molecule has 2 heterocycles. The Hall–Kier alpha value is -2.22. The number of anilines is 1. The lowest BCUT2D eigenvalue weighted by atomic mass is 10.2. The molecule has 1 aliphatic rings. The van der Waals surface area contributed by atoms with E-state index in [1.165, 1.54) is 5.69 Å². The zero-order valence-electron chi connectivity index (χ0n) is 18.9. The molecule has 1 saturated heterocycles. The van der Waals surface area contributed by atoms with Gasteiger partial charge in [-0.1, -0.05) is 18.2 Å². The quantitative estimate of drug-likeness (QED) is 0.415. The third kappa shape index (κ3) is 6.14. The van der Waals surface area contributed by atoms with E-state index in [0.717, 1.165) is 56.0 Å². The maximum Gasteiger partial charge on any atom is 0.194 e. The van der Waals surface area contributed by atoms with E-state index in [0.29, 0.717) is 6.54 Å². The summed E-state index contributed by atoms with van der Waals surface area (Å²) >= 11 is 2.03. The maximum atomic E-state index is 4.92. The first-order valence-corrected chi connectivity index (χ1v) is 11.6. The van der Waals surface area contributed by atoms with Crippen molar-refractivity contribution in [2.45, 2.75) is 38.5 Å². The molecule has 1 aliphatic heterocycles. The minimum Gasteiger partial charge on any atom is -0.375 e. The summed E-state index contributed by atoms with van der Waals surface area (Å²) in [5.74, 6) is 3.90. The molecule has 1 aromatic carbocycles. The van der Waals surface area contributed by atoms with Gasteiger partial charge in [0, 0.05) is 56.5 Å². The summed E-state index contributed by atoms with van der Waals surface area (Å²) in [6.07, 6.45) is 1.04. The number of nitrogens with zero attached hydrogens (tertiary/aromatic N) is 6. The number of guanidine groups is 1. The fourth-order valence-electron chi connectivity index (χ4n) is 3.53. The van der Waals surface area contributed by atoms with Crippen LogP contribution in [0.3, 0.4) is 0 Å². The number of aliphatic imine (C=N–C) groups is 1. The van der Waals surface area contributed by atoms with Crippen LogP contribution in [0.25, 0.3) is 0 Å². The molecule has 30 heavy (non-hydrogen) atoms. The first-order chi connectivity index (χ1) is 14.4. The van der Waals surface area contributed by atoms with Gasteiger partial charge in [-0.15, -0.1) is 10.2 Å². The normalized spacial score (nSPS) is 16.6. The van der Waals surface area contributed by atoms with Crippen molar-refractivity contribution >= 4 is 23.4 Å². The van der Waals surface area contributed by atoms with Crippen molar-refractivity contribution in [1.29, 1.82) is 0 Å². The van der Waals surface area contributed by atoms with Gasteiger partial charge in [-0.05, 0) is 39.3 Å².